The fourth-order valence-electron chi connectivity index (χ4n) is 2.31. The molecular formula is C15H19NO4. The molecule has 1 saturated heterocycles. The van der Waals surface area contributed by atoms with Crippen LogP contribution in [0.1, 0.15) is 24.8 Å². The highest BCUT2D eigenvalue weighted by Gasteiger charge is 2.43. The SMILES string of the molecule is O=C(CCCc1ccccc1)NC1(C(=O)O)CCOC1. The third kappa shape index (κ3) is 3.57. The molecule has 1 atom stereocenters. The Bertz CT molecular complexity index is 466. The minimum Gasteiger partial charge on any atom is -0.479 e. The zero-order valence-electron chi connectivity index (χ0n) is 11.3. The summed E-state index contributed by atoms with van der Waals surface area (Å²) in [5.74, 6) is -1.25. The molecule has 1 aliphatic heterocycles. The average Bonchev–Trinajstić information content (AvgIpc) is 2.90. The van der Waals surface area contributed by atoms with Gasteiger partial charge < -0.3 is 15.2 Å². The zero-order chi connectivity index (χ0) is 14.4. The highest BCUT2D eigenvalue weighted by atomic mass is 16.5. The molecular weight excluding hydrogens is 258 g/mol. The van der Waals surface area contributed by atoms with Crippen LogP contribution in [0.3, 0.4) is 0 Å². The number of rotatable bonds is 6. The fourth-order valence-corrected chi connectivity index (χ4v) is 2.31. The number of ether oxygens (including phenoxy) is 1. The van der Waals surface area contributed by atoms with E-state index in [0.29, 0.717) is 25.9 Å². The number of hydrogen-bond acceptors (Lipinski definition) is 3. The summed E-state index contributed by atoms with van der Waals surface area (Å²) in [6.45, 7) is 0.420. The number of carbonyl (C=O) groups excluding carboxylic acids is 1. The van der Waals surface area contributed by atoms with Gasteiger partial charge in [-0.2, -0.15) is 0 Å². The molecule has 5 heteroatoms. The van der Waals surface area contributed by atoms with Crippen LogP contribution in [0.4, 0.5) is 0 Å². The second-order valence-electron chi connectivity index (χ2n) is 5.08. The highest BCUT2D eigenvalue weighted by Crippen LogP contribution is 2.19. The van der Waals surface area contributed by atoms with Crippen LogP contribution in [0, 0.1) is 0 Å². The van der Waals surface area contributed by atoms with E-state index in [0.717, 1.165) is 6.42 Å². The minimum absolute atomic E-state index is 0.0484. The second-order valence-corrected chi connectivity index (χ2v) is 5.08. The molecule has 1 amide bonds. The molecule has 1 aliphatic rings. The molecule has 0 radical (unpaired) electrons. The highest BCUT2D eigenvalue weighted by molar-refractivity contribution is 5.87. The number of aliphatic carboxylic acids is 1. The Morgan fingerprint density at radius 3 is 2.65 bits per heavy atom. The van der Waals surface area contributed by atoms with Gasteiger partial charge in [0.15, 0.2) is 5.54 Å². The summed E-state index contributed by atoms with van der Waals surface area (Å²) in [4.78, 5) is 23.1. The number of carboxylic acids is 1. The number of nitrogens with one attached hydrogen (secondary N) is 1. The maximum Gasteiger partial charge on any atom is 0.331 e. The van der Waals surface area contributed by atoms with Gasteiger partial charge in [0.25, 0.3) is 0 Å². The molecule has 1 aromatic rings. The monoisotopic (exact) mass is 277 g/mol. The summed E-state index contributed by atoms with van der Waals surface area (Å²) >= 11 is 0. The van der Waals surface area contributed by atoms with E-state index in [1.807, 2.05) is 30.3 Å². The molecule has 0 bridgehead atoms. The van der Waals surface area contributed by atoms with E-state index in [1.54, 1.807) is 0 Å². The maximum absolute atomic E-state index is 11.9. The Kier molecular flexibility index (Phi) is 4.74. The Labute approximate surface area is 117 Å². The maximum atomic E-state index is 11.9. The lowest BCUT2D eigenvalue weighted by atomic mass is 9.98. The Balaban J connectivity index is 1.79. The third-order valence-electron chi connectivity index (χ3n) is 3.52. The normalized spacial score (nSPS) is 21.6. The summed E-state index contributed by atoms with van der Waals surface area (Å²) in [6, 6.07) is 9.91. The number of hydrogen-bond donors (Lipinski definition) is 2. The van der Waals surface area contributed by atoms with Gasteiger partial charge in [-0.25, -0.2) is 4.79 Å². The lowest BCUT2D eigenvalue weighted by Gasteiger charge is -2.23. The van der Waals surface area contributed by atoms with Crippen molar-refractivity contribution in [1.82, 2.24) is 5.32 Å². The van der Waals surface area contributed by atoms with Gasteiger partial charge in [-0.3, -0.25) is 4.79 Å². The standard InChI is InChI=1S/C15H19NO4/c17-13(8-4-7-12-5-2-1-3-6-12)16-15(14(18)19)9-10-20-11-15/h1-3,5-6H,4,7-11H2,(H,16,17)(H,18,19). The van der Waals surface area contributed by atoms with E-state index >= 15 is 0 Å². The first-order chi connectivity index (χ1) is 9.62. The molecule has 0 saturated carbocycles. The zero-order valence-corrected chi connectivity index (χ0v) is 11.3. The van der Waals surface area contributed by atoms with Crippen molar-refractivity contribution in [3.05, 3.63) is 35.9 Å². The van der Waals surface area contributed by atoms with Gasteiger partial charge in [-0.05, 0) is 18.4 Å². The molecule has 0 aromatic heterocycles. The number of carbonyl (C=O) groups is 2. The molecule has 2 N–H and O–H groups in total. The van der Waals surface area contributed by atoms with Crippen molar-refractivity contribution in [3.63, 3.8) is 0 Å². The van der Waals surface area contributed by atoms with Gasteiger partial charge in [0.05, 0.1) is 6.61 Å². The van der Waals surface area contributed by atoms with Crippen LogP contribution < -0.4 is 5.32 Å². The third-order valence-corrected chi connectivity index (χ3v) is 3.52. The smallest absolute Gasteiger partial charge is 0.331 e. The molecule has 1 fully saturated rings. The summed E-state index contributed by atoms with van der Waals surface area (Å²) < 4.78 is 5.10. The van der Waals surface area contributed by atoms with Crippen LogP contribution in [0.2, 0.25) is 0 Å². The molecule has 1 unspecified atom stereocenters. The second kappa shape index (κ2) is 6.52. The summed E-state index contributed by atoms with van der Waals surface area (Å²) in [7, 11) is 0. The first-order valence-electron chi connectivity index (χ1n) is 6.78. The summed E-state index contributed by atoms with van der Waals surface area (Å²) in [5.41, 5.74) is -0.0541. The topological polar surface area (TPSA) is 75.6 Å². The first-order valence-corrected chi connectivity index (χ1v) is 6.78. The quantitative estimate of drug-likeness (QED) is 0.823. The number of carboxylic acid groups (broad SMARTS) is 1. The van der Waals surface area contributed by atoms with Crippen molar-refractivity contribution < 1.29 is 19.4 Å². The van der Waals surface area contributed by atoms with Crippen molar-refractivity contribution in [2.75, 3.05) is 13.2 Å². The van der Waals surface area contributed by atoms with E-state index in [4.69, 9.17) is 4.74 Å². The lowest BCUT2D eigenvalue weighted by molar-refractivity contribution is -0.147. The predicted molar refractivity (Wildman–Crippen MR) is 73.3 cm³/mol. The van der Waals surface area contributed by atoms with Gasteiger partial charge in [0.1, 0.15) is 0 Å². The van der Waals surface area contributed by atoms with Crippen LogP contribution in [0.15, 0.2) is 30.3 Å². The lowest BCUT2D eigenvalue weighted by Crippen LogP contribution is -2.55. The largest absolute Gasteiger partial charge is 0.479 e. The van der Waals surface area contributed by atoms with Gasteiger partial charge in [0, 0.05) is 19.4 Å². The van der Waals surface area contributed by atoms with Crippen molar-refractivity contribution in [2.45, 2.75) is 31.2 Å². The Hall–Kier alpha value is -1.88. The van der Waals surface area contributed by atoms with Crippen molar-refractivity contribution >= 4 is 11.9 Å². The summed E-state index contributed by atoms with van der Waals surface area (Å²) in [6.07, 6.45) is 2.16. The number of benzene rings is 1. The van der Waals surface area contributed by atoms with Crippen LogP contribution >= 0.6 is 0 Å². The van der Waals surface area contributed by atoms with Crippen molar-refractivity contribution in [1.29, 1.82) is 0 Å². The number of aryl methyl sites for hydroxylation is 1. The Morgan fingerprint density at radius 2 is 2.05 bits per heavy atom. The molecule has 108 valence electrons. The van der Waals surface area contributed by atoms with E-state index in [9.17, 15) is 14.7 Å². The van der Waals surface area contributed by atoms with Crippen molar-refractivity contribution in [2.24, 2.45) is 0 Å². The fraction of sp³-hybridized carbons (Fsp3) is 0.467. The molecule has 1 aromatic carbocycles. The van der Waals surface area contributed by atoms with Crippen LogP contribution in [-0.2, 0) is 20.7 Å². The van der Waals surface area contributed by atoms with E-state index < -0.39 is 11.5 Å². The van der Waals surface area contributed by atoms with Crippen LogP contribution in [0.5, 0.6) is 0 Å². The molecule has 0 spiro atoms. The van der Waals surface area contributed by atoms with Gasteiger partial charge in [0.2, 0.25) is 5.91 Å². The van der Waals surface area contributed by atoms with Gasteiger partial charge >= 0.3 is 5.97 Å². The van der Waals surface area contributed by atoms with Crippen molar-refractivity contribution in [3.8, 4) is 0 Å². The van der Waals surface area contributed by atoms with E-state index in [2.05, 4.69) is 5.32 Å². The van der Waals surface area contributed by atoms with Crippen LogP contribution in [-0.4, -0.2) is 35.7 Å². The predicted octanol–water partition coefficient (Wildman–Crippen LogP) is 1.37. The van der Waals surface area contributed by atoms with E-state index in [1.165, 1.54) is 5.56 Å². The number of amides is 1. The van der Waals surface area contributed by atoms with Gasteiger partial charge in [-0.1, -0.05) is 30.3 Å². The molecule has 0 aliphatic carbocycles. The first kappa shape index (κ1) is 14.5. The van der Waals surface area contributed by atoms with Crippen LogP contribution in [0.25, 0.3) is 0 Å². The molecule has 1 heterocycles. The molecule has 20 heavy (non-hydrogen) atoms. The average molecular weight is 277 g/mol. The summed E-state index contributed by atoms with van der Waals surface area (Å²) in [5, 5.41) is 11.8. The van der Waals surface area contributed by atoms with Gasteiger partial charge in [-0.15, -0.1) is 0 Å². The molecule has 2 rings (SSSR count). The Morgan fingerprint density at radius 1 is 1.30 bits per heavy atom. The molecule has 5 nitrogen and oxygen atoms in total. The van der Waals surface area contributed by atoms with E-state index in [-0.39, 0.29) is 12.5 Å². The minimum atomic E-state index is -1.23.